The number of hydrogen-bond donors (Lipinski definition) is 1. The summed E-state index contributed by atoms with van der Waals surface area (Å²) in [5.74, 6) is 0.885. The Hall–Kier alpha value is -1.02. The van der Waals surface area contributed by atoms with E-state index in [2.05, 4.69) is 26.0 Å². The van der Waals surface area contributed by atoms with Crippen LogP contribution in [0.3, 0.4) is 0 Å². The molecule has 1 rings (SSSR count). The summed E-state index contributed by atoms with van der Waals surface area (Å²) in [5, 5.41) is 10.5. The Morgan fingerprint density at radius 2 is 1.56 bits per heavy atom. The first-order chi connectivity index (χ1) is 8.63. The lowest BCUT2D eigenvalue weighted by atomic mass is 9.87. The molecule has 0 fully saturated rings. The Morgan fingerprint density at radius 1 is 1.00 bits per heavy atom. The number of hydrogen-bond acceptors (Lipinski definition) is 2. The lowest BCUT2D eigenvalue weighted by Crippen LogP contribution is -2.28. The molecule has 1 aromatic rings. The van der Waals surface area contributed by atoms with Crippen LogP contribution >= 0.6 is 0 Å². The first-order valence-corrected chi connectivity index (χ1v) is 6.99. The van der Waals surface area contributed by atoms with Crippen molar-refractivity contribution in [3.63, 3.8) is 0 Å². The second kappa shape index (κ2) is 7.42. The van der Waals surface area contributed by atoms with Crippen LogP contribution in [0.2, 0.25) is 0 Å². The van der Waals surface area contributed by atoms with Gasteiger partial charge in [-0.3, -0.25) is 0 Å². The van der Waals surface area contributed by atoms with Crippen LogP contribution in [0.5, 0.6) is 5.75 Å². The van der Waals surface area contributed by atoms with E-state index in [4.69, 9.17) is 4.74 Å². The van der Waals surface area contributed by atoms with E-state index in [1.54, 1.807) is 7.11 Å². The molecule has 0 bridgehead atoms. The molecule has 0 saturated heterocycles. The van der Waals surface area contributed by atoms with Crippen LogP contribution in [0.15, 0.2) is 24.3 Å². The summed E-state index contributed by atoms with van der Waals surface area (Å²) in [5.41, 5.74) is 0.783. The van der Waals surface area contributed by atoms with Gasteiger partial charge in [0, 0.05) is 0 Å². The lowest BCUT2D eigenvalue weighted by molar-refractivity contribution is 0.0132. The van der Waals surface area contributed by atoms with Gasteiger partial charge in [0.25, 0.3) is 0 Å². The normalized spacial score (nSPS) is 11.6. The minimum absolute atomic E-state index is 0.483. The van der Waals surface area contributed by atoms with E-state index in [-0.39, 0.29) is 0 Å². The third kappa shape index (κ3) is 4.69. The maximum absolute atomic E-state index is 10.5. The number of methoxy groups -OCH3 is 1. The van der Waals surface area contributed by atoms with E-state index in [1.807, 2.05) is 12.1 Å². The first-order valence-electron chi connectivity index (χ1n) is 6.99. The van der Waals surface area contributed by atoms with Crippen molar-refractivity contribution < 1.29 is 9.84 Å². The van der Waals surface area contributed by atoms with Crippen molar-refractivity contribution in [3.8, 4) is 5.75 Å². The topological polar surface area (TPSA) is 29.5 Å². The van der Waals surface area contributed by atoms with Crippen molar-refractivity contribution >= 4 is 0 Å². The molecule has 1 N–H and O–H groups in total. The third-order valence-corrected chi connectivity index (χ3v) is 3.47. The SMILES string of the molecule is CCCC(O)(CCC)CCc1ccc(OC)cc1. The van der Waals surface area contributed by atoms with Crippen molar-refractivity contribution in [1.82, 2.24) is 0 Å². The van der Waals surface area contributed by atoms with Gasteiger partial charge >= 0.3 is 0 Å². The molecular formula is C16H26O2. The maximum Gasteiger partial charge on any atom is 0.118 e. The highest BCUT2D eigenvalue weighted by Gasteiger charge is 2.24. The van der Waals surface area contributed by atoms with E-state index >= 15 is 0 Å². The third-order valence-electron chi connectivity index (χ3n) is 3.47. The molecule has 18 heavy (non-hydrogen) atoms. The summed E-state index contributed by atoms with van der Waals surface area (Å²) in [7, 11) is 1.68. The van der Waals surface area contributed by atoms with E-state index in [1.165, 1.54) is 5.56 Å². The Kier molecular flexibility index (Phi) is 6.20. The fraction of sp³-hybridized carbons (Fsp3) is 0.625. The molecular weight excluding hydrogens is 224 g/mol. The predicted octanol–water partition coefficient (Wildman–Crippen LogP) is 3.96. The summed E-state index contributed by atoms with van der Waals surface area (Å²) >= 11 is 0. The van der Waals surface area contributed by atoms with Gasteiger partial charge in [0.1, 0.15) is 5.75 Å². The molecule has 0 aliphatic rings. The first kappa shape index (κ1) is 15.0. The lowest BCUT2D eigenvalue weighted by Gasteiger charge is -2.27. The summed E-state index contributed by atoms with van der Waals surface area (Å²) in [6.45, 7) is 4.27. The molecule has 0 atom stereocenters. The van der Waals surface area contributed by atoms with Gasteiger partial charge in [0.2, 0.25) is 0 Å². The van der Waals surface area contributed by atoms with E-state index in [0.717, 1.165) is 44.3 Å². The summed E-state index contributed by atoms with van der Waals surface area (Å²) in [4.78, 5) is 0. The fourth-order valence-electron chi connectivity index (χ4n) is 2.47. The number of benzene rings is 1. The van der Waals surface area contributed by atoms with E-state index in [0.29, 0.717) is 0 Å². The van der Waals surface area contributed by atoms with Crippen molar-refractivity contribution in [2.75, 3.05) is 7.11 Å². The largest absolute Gasteiger partial charge is 0.497 e. The van der Waals surface area contributed by atoms with Gasteiger partial charge in [0.05, 0.1) is 12.7 Å². The van der Waals surface area contributed by atoms with Crippen LogP contribution < -0.4 is 4.74 Å². The average molecular weight is 250 g/mol. The molecule has 0 aromatic heterocycles. The second-order valence-corrected chi connectivity index (χ2v) is 5.07. The van der Waals surface area contributed by atoms with Crippen LogP contribution in [0.4, 0.5) is 0 Å². The number of aliphatic hydroxyl groups is 1. The highest BCUT2D eigenvalue weighted by atomic mass is 16.5. The van der Waals surface area contributed by atoms with Crippen molar-refractivity contribution in [2.45, 2.75) is 58.0 Å². The zero-order valence-corrected chi connectivity index (χ0v) is 11.9. The molecule has 1 aromatic carbocycles. The predicted molar refractivity (Wildman–Crippen MR) is 76.1 cm³/mol. The standard InChI is InChI=1S/C16H26O2/c1-4-11-16(17,12-5-2)13-10-14-6-8-15(18-3)9-7-14/h6-9,17H,4-5,10-13H2,1-3H3. The smallest absolute Gasteiger partial charge is 0.118 e. The quantitative estimate of drug-likeness (QED) is 0.756. The van der Waals surface area contributed by atoms with Gasteiger partial charge in [0.15, 0.2) is 0 Å². The highest BCUT2D eigenvalue weighted by molar-refractivity contribution is 5.27. The molecule has 2 heteroatoms. The maximum atomic E-state index is 10.5. The molecule has 0 aliphatic heterocycles. The number of ether oxygens (including phenoxy) is 1. The fourth-order valence-corrected chi connectivity index (χ4v) is 2.47. The van der Waals surface area contributed by atoms with Gasteiger partial charge in [-0.05, 0) is 43.4 Å². The molecule has 0 heterocycles. The van der Waals surface area contributed by atoms with Crippen molar-refractivity contribution in [2.24, 2.45) is 0 Å². The minimum atomic E-state index is -0.483. The average Bonchev–Trinajstić information content (AvgIpc) is 2.38. The second-order valence-electron chi connectivity index (χ2n) is 5.07. The highest BCUT2D eigenvalue weighted by Crippen LogP contribution is 2.25. The molecule has 0 unspecified atom stereocenters. The molecule has 0 radical (unpaired) electrons. The Bertz CT molecular complexity index is 323. The number of aryl methyl sites for hydroxylation is 1. The number of rotatable bonds is 8. The summed E-state index contributed by atoms with van der Waals surface area (Å²) in [6, 6.07) is 8.12. The van der Waals surface area contributed by atoms with Crippen molar-refractivity contribution in [3.05, 3.63) is 29.8 Å². The summed E-state index contributed by atoms with van der Waals surface area (Å²) in [6.07, 6.45) is 5.66. The molecule has 102 valence electrons. The zero-order chi connectivity index (χ0) is 13.4. The Labute approximate surface area is 111 Å². The van der Waals surface area contributed by atoms with Gasteiger partial charge in [-0.15, -0.1) is 0 Å². The monoisotopic (exact) mass is 250 g/mol. The molecule has 2 nitrogen and oxygen atoms in total. The van der Waals surface area contributed by atoms with E-state index in [9.17, 15) is 5.11 Å². The molecule has 0 spiro atoms. The Morgan fingerprint density at radius 3 is 2.00 bits per heavy atom. The van der Waals surface area contributed by atoms with Gasteiger partial charge in [-0.1, -0.05) is 38.8 Å². The van der Waals surface area contributed by atoms with E-state index < -0.39 is 5.60 Å². The Balaban J connectivity index is 2.55. The van der Waals surface area contributed by atoms with Gasteiger partial charge < -0.3 is 9.84 Å². The van der Waals surface area contributed by atoms with Gasteiger partial charge in [-0.25, -0.2) is 0 Å². The summed E-state index contributed by atoms with van der Waals surface area (Å²) < 4.78 is 5.14. The van der Waals surface area contributed by atoms with Crippen molar-refractivity contribution in [1.29, 1.82) is 0 Å². The van der Waals surface area contributed by atoms with Crippen LogP contribution in [0, 0.1) is 0 Å². The minimum Gasteiger partial charge on any atom is -0.497 e. The van der Waals surface area contributed by atoms with Crippen LogP contribution in [-0.4, -0.2) is 17.8 Å². The van der Waals surface area contributed by atoms with Crippen LogP contribution in [0.1, 0.15) is 51.5 Å². The zero-order valence-electron chi connectivity index (χ0n) is 11.9. The van der Waals surface area contributed by atoms with Crippen LogP contribution in [-0.2, 0) is 6.42 Å². The molecule has 0 saturated carbocycles. The molecule has 0 amide bonds. The van der Waals surface area contributed by atoms with Gasteiger partial charge in [-0.2, -0.15) is 0 Å². The van der Waals surface area contributed by atoms with Crippen LogP contribution in [0.25, 0.3) is 0 Å². The molecule has 0 aliphatic carbocycles.